The minimum Gasteiger partial charge on any atom is -0.487 e. The molecule has 2 saturated heterocycles. The van der Waals surface area contributed by atoms with Gasteiger partial charge in [-0.25, -0.2) is 23.4 Å². The van der Waals surface area contributed by atoms with Gasteiger partial charge in [0.2, 0.25) is 0 Å². The molecule has 6 rings (SSSR count). The molecule has 5 heterocycles. The minimum atomic E-state index is -0.932. The van der Waals surface area contributed by atoms with Gasteiger partial charge in [-0.15, -0.1) is 0 Å². The molecule has 230 valence electrons. The van der Waals surface area contributed by atoms with Crippen molar-refractivity contribution in [2.24, 2.45) is 0 Å². The van der Waals surface area contributed by atoms with Crippen LogP contribution in [0.2, 0.25) is 0 Å². The Hall–Kier alpha value is -3.64. The lowest BCUT2D eigenvalue weighted by Crippen LogP contribution is -2.48. The van der Waals surface area contributed by atoms with Crippen LogP contribution in [0.15, 0.2) is 30.6 Å². The number of halogens is 2. The number of ether oxygens (including phenoxy) is 3. The number of benzene rings is 1. The molecule has 3 aromatic rings. The summed E-state index contributed by atoms with van der Waals surface area (Å²) in [6.45, 7) is 6.38. The van der Waals surface area contributed by atoms with Crippen molar-refractivity contribution in [2.45, 2.75) is 76.9 Å². The summed E-state index contributed by atoms with van der Waals surface area (Å²) in [6.07, 6.45) is 8.33. The van der Waals surface area contributed by atoms with Crippen LogP contribution in [-0.4, -0.2) is 75.6 Å². The van der Waals surface area contributed by atoms with Crippen molar-refractivity contribution >= 4 is 11.7 Å². The van der Waals surface area contributed by atoms with E-state index in [1.165, 1.54) is 19.2 Å². The van der Waals surface area contributed by atoms with E-state index in [0.717, 1.165) is 48.1 Å². The predicted octanol–water partition coefficient (Wildman–Crippen LogP) is 4.67. The van der Waals surface area contributed by atoms with E-state index in [1.807, 2.05) is 10.9 Å². The Kier molecular flexibility index (Phi) is 8.32. The number of hydrogen-bond acceptors (Lipinski definition) is 8. The predicted molar refractivity (Wildman–Crippen MR) is 155 cm³/mol. The van der Waals surface area contributed by atoms with Crippen LogP contribution in [0.3, 0.4) is 0 Å². The standard InChI is InChI=1S/C31H38F2N6O4/c1-31(2,41-3)30(40)38-14-11-24-25(19-38)35-28(20-17-34-39(18-20)27-6-4-5-15-42-27)29(36-24)37-12-9-22(10-13-37)43-26-8-7-21(32)16-23(26)33/h7-8,16-18,22,27H,4-6,9-15,19H2,1-3H3. The molecule has 0 aliphatic carbocycles. The van der Waals surface area contributed by atoms with E-state index in [4.69, 9.17) is 24.2 Å². The number of carbonyl (C=O) groups is 1. The number of carbonyl (C=O) groups excluding carboxylic acids is 1. The molecule has 3 aliphatic rings. The van der Waals surface area contributed by atoms with Crippen molar-refractivity contribution in [2.75, 3.05) is 38.3 Å². The van der Waals surface area contributed by atoms with Gasteiger partial charge in [-0.05, 0) is 45.2 Å². The fourth-order valence-electron chi connectivity index (χ4n) is 5.86. The van der Waals surface area contributed by atoms with Gasteiger partial charge in [0.15, 0.2) is 17.4 Å². The highest BCUT2D eigenvalue weighted by Crippen LogP contribution is 2.34. The maximum absolute atomic E-state index is 14.2. The second-order valence-corrected chi connectivity index (χ2v) is 11.9. The quantitative estimate of drug-likeness (QED) is 0.388. The van der Waals surface area contributed by atoms with Gasteiger partial charge in [-0.2, -0.15) is 5.10 Å². The lowest BCUT2D eigenvalue weighted by molar-refractivity contribution is -0.152. The molecule has 43 heavy (non-hydrogen) atoms. The van der Waals surface area contributed by atoms with Gasteiger partial charge >= 0.3 is 0 Å². The van der Waals surface area contributed by atoms with E-state index in [9.17, 15) is 13.6 Å². The first-order chi connectivity index (χ1) is 20.7. The number of fused-ring (bicyclic) bond motifs is 1. The third-order valence-electron chi connectivity index (χ3n) is 8.56. The first kappa shape index (κ1) is 29.4. The minimum absolute atomic E-state index is 0.0576. The molecule has 2 aromatic heterocycles. The lowest BCUT2D eigenvalue weighted by atomic mass is 10.0. The Morgan fingerprint density at radius 3 is 2.60 bits per heavy atom. The van der Waals surface area contributed by atoms with Crippen LogP contribution in [0.5, 0.6) is 5.75 Å². The SMILES string of the molecule is COC(C)(C)C(=O)N1CCc2nc(N3CCC(Oc4ccc(F)cc4F)CC3)c(-c3cnn(C4CCCCO4)c3)nc2C1. The molecule has 0 spiro atoms. The molecule has 3 aliphatic heterocycles. The molecule has 1 unspecified atom stereocenters. The highest BCUT2D eigenvalue weighted by molar-refractivity contribution is 5.84. The van der Waals surface area contributed by atoms with Crippen LogP contribution in [-0.2, 0) is 27.2 Å². The lowest BCUT2D eigenvalue weighted by Gasteiger charge is -2.36. The third-order valence-corrected chi connectivity index (χ3v) is 8.56. The summed E-state index contributed by atoms with van der Waals surface area (Å²) in [5, 5.41) is 4.62. The summed E-state index contributed by atoms with van der Waals surface area (Å²) in [6, 6.07) is 3.37. The average molecular weight is 597 g/mol. The van der Waals surface area contributed by atoms with Gasteiger partial charge in [0, 0.05) is 70.4 Å². The number of aromatic nitrogens is 4. The maximum Gasteiger partial charge on any atom is 0.254 e. The van der Waals surface area contributed by atoms with Crippen LogP contribution < -0.4 is 9.64 Å². The highest BCUT2D eigenvalue weighted by Gasteiger charge is 2.35. The van der Waals surface area contributed by atoms with Gasteiger partial charge < -0.3 is 24.0 Å². The molecule has 1 atom stereocenters. The second kappa shape index (κ2) is 12.2. The van der Waals surface area contributed by atoms with Gasteiger partial charge in [0.05, 0.1) is 24.1 Å². The van der Waals surface area contributed by atoms with Crippen molar-refractivity contribution in [1.82, 2.24) is 24.6 Å². The topological polar surface area (TPSA) is 94.8 Å². The van der Waals surface area contributed by atoms with Crippen LogP contribution in [0, 0.1) is 11.6 Å². The van der Waals surface area contributed by atoms with E-state index in [-0.39, 0.29) is 24.0 Å². The van der Waals surface area contributed by atoms with Crippen molar-refractivity contribution in [3.63, 3.8) is 0 Å². The zero-order valence-corrected chi connectivity index (χ0v) is 24.9. The third kappa shape index (κ3) is 6.21. The molecule has 0 radical (unpaired) electrons. The number of anilines is 1. The van der Waals surface area contributed by atoms with Gasteiger partial charge in [0.25, 0.3) is 5.91 Å². The Morgan fingerprint density at radius 2 is 1.88 bits per heavy atom. The van der Waals surface area contributed by atoms with Crippen molar-refractivity contribution in [3.8, 4) is 17.0 Å². The van der Waals surface area contributed by atoms with Crippen LogP contribution in [0.25, 0.3) is 11.3 Å². The van der Waals surface area contributed by atoms with Crippen LogP contribution in [0.4, 0.5) is 14.6 Å². The summed E-state index contributed by atoms with van der Waals surface area (Å²) in [5.74, 6) is -0.611. The first-order valence-electron chi connectivity index (χ1n) is 15.0. The van der Waals surface area contributed by atoms with Gasteiger partial charge in [-0.1, -0.05) is 0 Å². The van der Waals surface area contributed by atoms with E-state index in [0.29, 0.717) is 57.7 Å². The number of methoxy groups -OCH3 is 1. The average Bonchev–Trinajstić information content (AvgIpc) is 3.52. The fraction of sp³-hybridized carbons (Fsp3) is 0.548. The molecule has 0 bridgehead atoms. The zero-order valence-electron chi connectivity index (χ0n) is 24.9. The number of rotatable bonds is 7. The molecule has 0 N–H and O–H groups in total. The number of piperidine rings is 1. The zero-order chi connectivity index (χ0) is 30.1. The summed E-state index contributed by atoms with van der Waals surface area (Å²) in [4.78, 5) is 27.4. The van der Waals surface area contributed by atoms with Crippen molar-refractivity contribution in [3.05, 3.63) is 53.6 Å². The summed E-state index contributed by atoms with van der Waals surface area (Å²) >= 11 is 0. The monoisotopic (exact) mass is 596 g/mol. The molecule has 10 nitrogen and oxygen atoms in total. The Bertz CT molecular complexity index is 1470. The smallest absolute Gasteiger partial charge is 0.254 e. The summed E-state index contributed by atoms with van der Waals surface area (Å²) < 4.78 is 46.7. The summed E-state index contributed by atoms with van der Waals surface area (Å²) in [7, 11) is 1.54. The molecular formula is C31H38F2N6O4. The number of hydrogen-bond donors (Lipinski definition) is 0. The Balaban J connectivity index is 1.27. The largest absolute Gasteiger partial charge is 0.487 e. The van der Waals surface area contributed by atoms with E-state index in [2.05, 4.69) is 10.00 Å². The summed E-state index contributed by atoms with van der Waals surface area (Å²) in [5.41, 5.74) is 2.22. The van der Waals surface area contributed by atoms with Crippen LogP contribution >= 0.6 is 0 Å². The second-order valence-electron chi connectivity index (χ2n) is 11.9. The molecular weight excluding hydrogens is 558 g/mol. The van der Waals surface area contributed by atoms with E-state index in [1.54, 1.807) is 24.9 Å². The number of nitrogens with zero attached hydrogens (tertiary/aromatic N) is 6. The van der Waals surface area contributed by atoms with Crippen LogP contribution in [0.1, 0.15) is 63.6 Å². The van der Waals surface area contributed by atoms with E-state index < -0.39 is 17.2 Å². The van der Waals surface area contributed by atoms with Gasteiger partial charge in [0.1, 0.15) is 29.4 Å². The molecule has 1 aromatic carbocycles. The Morgan fingerprint density at radius 1 is 1.07 bits per heavy atom. The first-order valence-corrected chi connectivity index (χ1v) is 15.0. The number of amides is 1. The van der Waals surface area contributed by atoms with Crippen molar-refractivity contribution < 1.29 is 27.8 Å². The molecule has 1 amide bonds. The Labute approximate surface area is 249 Å². The molecule has 12 heteroatoms. The molecule has 0 saturated carbocycles. The van der Waals surface area contributed by atoms with Crippen molar-refractivity contribution in [1.29, 1.82) is 0 Å². The van der Waals surface area contributed by atoms with E-state index >= 15 is 0 Å². The highest BCUT2D eigenvalue weighted by atomic mass is 19.1. The maximum atomic E-state index is 14.2. The molecule has 2 fully saturated rings. The fourth-order valence-corrected chi connectivity index (χ4v) is 5.86. The van der Waals surface area contributed by atoms with Gasteiger partial charge in [-0.3, -0.25) is 4.79 Å². The normalized spacial score (nSPS) is 19.8.